The van der Waals surface area contributed by atoms with Gasteiger partial charge in [0.1, 0.15) is 0 Å². The lowest BCUT2D eigenvalue weighted by molar-refractivity contribution is -0.121. The molecule has 0 aromatic heterocycles. The van der Waals surface area contributed by atoms with Crippen molar-refractivity contribution in [2.45, 2.75) is 26.2 Å². The number of hydrogen-bond donors (Lipinski definition) is 2. The van der Waals surface area contributed by atoms with Crippen LogP contribution in [-0.2, 0) is 9.59 Å². The van der Waals surface area contributed by atoms with Gasteiger partial charge in [0.05, 0.1) is 22.4 Å². The molecular formula is C18H21N3O2S. The summed E-state index contributed by atoms with van der Waals surface area (Å²) < 4.78 is 0. The number of allylic oxidation sites excluding steroid dienone is 1. The molecule has 6 heteroatoms. The molecule has 2 N–H and O–H groups in total. The number of thioether (sulfide) groups is 1. The second-order valence-electron chi connectivity index (χ2n) is 6.06. The minimum absolute atomic E-state index is 0.102. The molecule has 0 radical (unpaired) electrons. The van der Waals surface area contributed by atoms with Gasteiger partial charge in [-0.05, 0) is 11.5 Å². The fourth-order valence-corrected chi connectivity index (χ4v) is 3.32. The van der Waals surface area contributed by atoms with Crippen LogP contribution in [0.3, 0.4) is 0 Å². The van der Waals surface area contributed by atoms with Crippen molar-refractivity contribution in [2.24, 2.45) is 5.92 Å². The minimum atomic E-state index is -0.258. The van der Waals surface area contributed by atoms with Crippen molar-refractivity contribution in [2.75, 3.05) is 12.3 Å². The number of rotatable bonds is 6. The molecule has 1 heterocycles. The molecule has 2 rings (SSSR count). The quantitative estimate of drug-likeness (QED) is 0.831. The molecular weight excluding hydrogens is 322 g/mol. The van der Waals surface area contributed by atoms with Crippen molar-refractivity contribution in [1.82, 2.24) is 10.6 Å². The number of hydrogen-bond acceptors (Lipinski definition) is 4. The van der Waals surface area contributed by atoms with Crippen molar-refractivity contribution >= 4 is 23.6 Å². The van der Waals surface area contributed by atoms with Crippen molar-refractivity contribution in [3.05, 3.63) is 46.5 Å². The molecule has 1 atom stereocenters. The van der Waals surface area contributed by atoms with Crippen LogP contribution in [0.5, 0.6) is 0 Å². The molecule has 1 aromatic rings. The van der Waals surface area contributed by atoms with Gasteiger partial charge in [-0.1, -0.05) is 55.9 Å². The van der Waals surface area contributed by atoms with Gasteiger partial charge >= 0.3 is 0 Å². The Labute approximate surface area is 146 Å². The van der Waals surface area contributed by atoms with Gasteiger partial charge in [0.25, 0.3) is 0 Å². The van der Waals surface area contributed by atoms with E-state index in [9.17, 15) is 14.9 Å². The first-order valence-corrected chi connectivity index (χ1v) is 8.88. The first-order chi connectivity index (χ1) is 11.5. The Morgan fingerprint density at radius 2 is 2.12 bits per heavy atom. The Kier molecular flexibility index (Phi) is 6.44. The average molecular weight is 343 g/mol. The number of nitriles is 1. The predicted molar refractivity (Wildman–Crippen MR) is 94.9 cm³/mol. The van der Waals surface area contributed by atoms with E-state index in [2.05, 4.69) is 16.7 Å². The largest absolute Gasteiger partial charge is 0.355 e. The summed E-state index contributed by atoms with van der Waals surface area (Å²) in [5.74, 6) is 0.0630. The zero-order valence-corrected chi connectivity index (χ0v) is 14.7. The van der Waals surface area contributed by atoms with Gasteiger partial charge in [-0.2, -0.15) is 5.26 Å². The molecule has 24 heavy (non-hydrogen) atoms. The highest BCUT2D eigenvalue weighted by Crippen LogP contribution is 2.35. The Hall–Kier alpha value is -2.26. The van der Waals surface area contributed by atoms with Gasteiger partial charge in [0.15, 0.2) is 0 Å². The van der Waals surface area contributed by atoms with Crippen LogP contribution in [0.15, 0.2) is 40.9 Å². The van der Waals surface area contributed by atoms with Crippen LogP contribution in [0.2, 0.25) is 0 Å². The smallest absolute Gasteiger partial charge is 0.230 e. The van der Waals surface area contributed by atoms with E-state index in [0.717, 1.165) is 5.56 Å². The fourth-order valence-electron chi connectivity index (χ4n) is 2.41. The van der Waals surface area contributed by atoms with Crippen LogP contribution in [0.25, 0.3) is 0 Å². The number of benzene rings is 1. The molecule has 0 aliphatic carbocycles. The van der Waals surface area contributed by atoms with Crippen molar-refractivity contribution in [3.8, 4) is 6.07 Å². The summed E-state index contributed by atoms with van der Waals surface area (Å²) in [7, 11) is 0. The molecule has 5 nitrogen and oxygen atoms in total. The van der Waals surface area contributed by atoms with Crippen LogP contribution < -0.4 is 10.6 Å². The van der Waals surface area contributed by atoms with Gasteiger partial charge in [-0.3, -0.25) is 9.59 Å². The molecule has 0 spiro atoms. The van der Waals surface area contributed by atoms with Gasteiger partial charge in [0.2, 0.25) is 11.8 Å². The maximum absolute atomic E-state index is 12.0. The topological polar surface area (TPSA) is 82.0 Å². The van der Waals surface area contributed by atoms with Crippen molar-refractivity contribution in [1.29, 1.82) is 5.26 Å². The second kappa shape index (κ2) is 8.55. The Morgan fingerprint density at radius 1 is 1.42 bits per heavy atom. The average Bonchev–Trinajstić information content (AvgIpc) is 2.58. The van der Waals surface area contributed by atoms with Crippen LogP contribution >= 0.6 is 11.8 Å². The Morgan fingerprint density at radius 3 is 2.75 bits per heavy atom. The highest BCUT2D eigenvalue weighted by Gasteiger charge is 2.29. The number of amides is 2. The van der Waals surface area contributed by atoms with E-state index in [1.54, 1.807) is 0 Å². The summed E-state index contributed by atoms with van der Waals surface area (Å²) in [6.45, 7) is 4.66. The van der Waals surface area contributed by atoms with Crippen LogP contribution in [0, 0.1) is 17.2 Å². The molecule has 0 saturated carbocycles. The van der Waals surface area contributed by atoms with Crippen LogP contribution in [-0.4, -0.2) is 24.1 Å². The zero-order valence-electron chi connectivity index (χ0n) is 13.8. The highest BCUT2D eigenvalue weighted by atomic mass is 32.2. The Bertz CT molecular complexity index is 677. The molecule has 0 bridgehead atoms. The van der Waals surface area contributed by atoms with Crippen molar-refractivity contribution < 1.29 is 9.59 Å². The molecule has 2 amide bonds. The predicted octanol–water partition coefficient (Wildman–Crippen LogP) is 2.53. The molecule has 0 saturated heterocycles. The fraction of sp³-hybridized carbons (Fsp3) is 0.389. The summed E-state index contributed by atoms with van der Waals surface area (Å²) >= 11 is 1.21. The SMILES string of the molecule is CC(C)CNC(=O)CSC1=C(C#N)[C@H](c2ccccc2)CC(=O)N1. The lowest BCUT2D eigenvalue weighted by Gasteiger charge is -2.25. The standard InChI is InChI=1S/C18H21N3O2S/c1-12(2)10-20-17(23)11-24-18-15(9-19)14(8-16(22)21-18)13-6-4-3-5-7-13/h3-7,12,14H,8,10-11H2,1-2H3,(H,20,23)(H,21,22)/t14-/m0/s1. The lowest BCUT2D eigenvalue weighted by Crippen LogP contribution is -2.33. The summed E-state index contributed by atoms with van der Waals surface area (Å²) in [4.78, 5) is 23.9. The number of carbonyl (C=O) groups excluding carboxylic acids is 2. The monoisotopic (exact) mass is 343 g/mol. The molecule has 1 aliphatic rings. The lowest BCUT2D eigenvalue weighted by atomic mass is 9.87. The summed E-state index contributed by atoms with van der Waals surface area (Å²) in [5, 5.41) is 15.6. The Balaban J connectivity index is 2.13. The normalized spacial score (nSPS) is 17.4. The van der Waals surface area contributed by atoms with Gasteiger partial charge in [-0.25, -0.2) is 0 Å². The maximum Gasteiger partial charge on any atom is 0.230 e. The van der Waals surface area contributed by atoms with E-state index in [1.165, 1.54) is 11.8 Å². The van der Waals surface area contributed by atoms with Gasteiger partial charge in [0, 0.05) is 18.9 Å². The molecule has 1 aromatic carbocycles. The van der Waals surface area contributed by atoms with E-state index in [-0.39, 0.29) is 29.9 Å². The molecule has 126 valence electrons. The molecule has 1 aliphatic heterocycles. The third-order valence-electron chi connectivity index (χ3n) is 3.61. The van der Waals surface area contributed by atoms with E-state index in [1.807, 2.05) is 44.2 Å². The van der Waals surface area contributed by atoms with E-state index < -0.39 is 0 Å². The molecule has 0 unspecified atom stereocenters. The third kappa shape index (κ3) is 4.87. The minimum Gasteiger partial charge on any atom is -0.355 e. The second-order valence-corrected chi connectivity index (χ2v) is 7.04. The van der Waals surface area contributed by atoms with Gasteiger partial charge < -0.3 is 10.6 Å². The highest BCUT2D eigenvalue weighted by molar-refractivity contribution is 8.03. The maximum atomic E-state index is 12.0. The summed E-state index contributed by atoms with van der Waals surface area (Å²) in [6, 6.07) is 11.7. The van der Waals surface area contributed by atoms with E-state index in [4.69, 9.17) is 0 Å². The van der Waals surface area contributed by atoms with Crippen LogP contribution in [0.1, 0.15) is 31.7 Å². The number of nitrogens with zero attached hydrogens (tertiary/aromatic N) is 1. The first-order valence-electron chi connectivity index (χ1n) is 7.89. The number of carbonyl (C=O) groups is 2. The van der Waals surface area contributed by atoms with E-state index >= 15 is 0 Å². The summed E-state index contributed by atoms with van der Waals surface area (Å²) in [5.41, 5.74) is 1.45. The molecule has 0 fully saturated rings. The van der Waals surface area contributed by atoms with Crippen molar-refractivity contribution in [3.63, 3.8) is 0 Å². The summed E-state index contributed by atoms with van der Waals surface area (Å²) in [6.07, 6.45) is 0.247. The van der Waals surface area contributed by atoms with Gasteiger partial charge in [-0.15, -0.1) is 0 Å². The van der Waals surface area contributed by atoms with E-state index in [0.29, 0.717) is 23.1 Å². The number of nitrogens with one attached hydrogen (secondary N) is 2. The zero-order chi connectivity index (χ0) is 17.5. The first kappa shape index (κ1) is 18.1. The third-order valence-corrected chi connectivity index (χ3v) is 4.63. The van der Waals surface area contributed by atoms with Crippen LogP contribution in [0.4, 0.5) is 0 Å².